The number of hydrogen-bond acceptors (Lipinski definition) is 7. The number of phenolic OH excluding ortho intramolecular Hbond substituents is 1. The molecule has 2 rings (SSSR count). The van der Waals surface area contributed by atoms with Gasteiger partial charge < -0.3 is 35.0 Å². The van der Waals surface area contributed by atoms with Crippen molar-refractivity contribution in [1.82, 2.24) is 0 Å². The summed E-state index contributed by atoms with van der Waals surface area (Å²) in [6, 6.07) is 4.45. The number of aromatic hydroxyl groups is 1. The number of carbonyl (C=O) groups is 1. The second-order valence-electron chi connectivity index (χ2n) is 6.49. The molecule has 0 saturated carbocycles. The maximum Gasteiger partial charge on any atom is 0.328 e. The number of benzene rings is 1. The van der Waals surface area contributed by atoms with Crippen molar-refractivity contribution in [3.8, 4) is 11.5 Å². The lowest BCUT2D eigenvalue weighted by atomic mass is 9.92. The Morgan fingerprint density at radius 2 is 1.96 bits per heavy atom. The maximum atomic E-state index is 10.5. The molecule has 0 amide bonds. The van der Waals surface area contributed by atoms with Crippen molar-refractivity contribution in [3.05, 3.63) is 42.0 Å². The van der Waals surface area contributed by atoms with Crippen molar-refractivity contribution in [1.29, 1.82) is 0 Å². The fourth-order valence-electron chi connectivity index (χ4n) is 2.76. The van der Waals surface area contributed by atoms with Crippen LogP contribution in [0.4, 0.5) is 0 Å². The van der Waals surface area contributed by atoms with Crippen LogP contribution in [0.2, 0.25) is 0 Å². The quantitative estimate of drug-likeness (QED) is 0.344. The van der Waals surface area contributed by atoms with Crippen LogP contribution in [0.25, 0.3) is 6.08 Å². The molecule has 0 spiro atoms. The van der Waals surface area contributed by atoms with Gasteiger partial charge in [0.1, 0.15) is 24.9 Å². The van der Waals surface area contributed by atoms with Crippen molar-refractivity contribution in [2.75, 3.05) is 6.61 Å². The Hall–Kier alpha value is -2.39. The smallest absolute Gasteiger partial charge is 0.328 e. The summed E-state index contributed by atoms with van der Waals surface area (Å²) in [6.45, 7) is 5.49. The van der Waals surface area contributed by atoms with Crippen molar-refractivity contribution < 1.29 is 39.8 Å². The number of aliphatic carboxylic acids is 1. The minimum atomic E-state index is -1.30. The van der Waals surface area contributed by atoms with Gasteiger partial charge in [-0.3, -0.25) is 0 Å². The molecular weight excluding hydrogens is 356 g/mol. The third-order valence-electron chi connectivity index (χ3n) is 4.27. The summed E-state index contributed by atoms with van der Waals surface area (Å²) in [7, 11) is 0. The first-order valence-electron chi connectivity index (χ1n) is 8.42. The van der Waals surface area contributed by atoms with E-state index >= 15 is 0 Å². The van der Waals surface area contributed by atoms with E-state index in [0.717, 1.165) is 6.08 Å². The summed E-state index contributed by atoms with van der Waals surface area (Å²) < 4.78 is 11.0. The Morgan fingerprint density at radius 1 is 1.26 bits per heavy atom. The number of phenols is 1. The Morgan fingerprint density at radius 3 is 2.59 bits per heavy atom. The first-order valence-corrected chi connectivity index (χ1v) is 8.42. The van der Waals surface area contributed by atoms with Crippen LogP contribution < -0.4 is 4.74 Å². The third kappa shape index (κ3) is 5.54. The number of carboxylic acid groups (broad SMARTS) is 1. The number of aliphatic hydroxyl groups is 3. The molecule has 1 aromatic carbocycles. The third-order valence-corrected chi connectivity index (χ3v) is 4.27. The fraction of sp³-hybridized carbons (Fsp3) is 0.421. The lowest BCUT2D eigenvalue weighted by Gasteiger charge is -2.39. The Labute approximate surface area is 156 Å². The van der Waals surface area contributed by atoms with Crippen LogP contribution in [0.1, 0.15) is 18.9 Å². The maximum absolute atomic E-state index is 10.5. The molecule has 1 aliphatic rings. The van der Waals surface area contributed by atoms with Gasteiger partial charge in [-0.1, -0.05) is 12.6 Å². The van der Waals surface area contributed by atoms with Crippen molar-refractivity contribution >= 4 is 12.0 Å². The van der Waals surface area contributed by atoms with Crippen LogP contribution in [-0.4, -0.2) is 68.6 Å². The number of rotatable bonds is 7. The van der Waals surface area contributed by atoms with Crippen LogP contribution in [0.3, 0.4) is 0 Å². The summed E-state index contributed by atoms with van der Waals surface area (Å²) >= 11 is 0. The van der Waals surface area contributed by atoms with Gasteiger partial charge in [0.15, 0.2) is 11.5 Å². The molecule has 0 aliphatic carbocycles. The number of hydrogen-bond donors (Lipinski definition) is 5. The molecule has 1 heterocycles. The highest BCUT2D eigenvalue weighted by atomic mass is 16.5. The van der Waals surface area contributed by atoms with Crippen molar-refractivity contribution in [2.45, 2.75) is 43.9 Å². The monoisotopic (exact) mass is 380 g/mol. The fourth-order valence-corrected chi connectivity index (χ4v) is 2.76. The number of carboxylic acids is 1. The lowest BCUT2D eigenvalue weighted by Crippen LogP contribution is -2.56. The van der Waals surface area contributed by atoms with Crippen LogP contribution in [-0.2, 0) is 9.53 Å². The lowest BCUT2D eigenvalue weighted by molar-refractivity contribution is -0.216. The van der Waals surface area contributed by atoms with E-state index in [-0.39, 0.29) is 24.5 Å². The predicted octanol–water partition coefficient (Wildman–Crippen LogP) is 0.685. The molecule has 1 fully saturated rings. The summed E-state index contributed by atoms with van der Waals surface area (Å²) in [6.07, 6.45) is -2.57. The molecular formula is C19H24O8. The highest BCUT2D eigenvalue weighted by Gasteiger charge is 2.41. The Bertz CT molecular complexity index is 714. The Kier molecular flexibility index (Phi) is 6.98. The van der Waals surface area contributed by atoms with Crippen LogP contribution in [0, 0.1) is 0 Å². The summed E-state index contributed by atoms with van der Waals surface area (Å²) in [5.74, 6) is -1.06. The molecule has 8 nitrogen and oxygen atoms in total. The number of aliphatic hydroxyl groups excluding tert-OH is 3. The van der Waals surface area contributed by atoms with E-state index in [4.69, 9.17) is 14.6 Å². The van der Waals surface area contributed by atoms with Gasteiger partial charge >= 0.3 is 5.97 Å². The molecule has 0 aromatic heterocycles. The topological polar surface area (TPSA) is 137 Å². The van der Waals surface area contributed by atoms with Gasteiger partial charge in [0.25, 0.3) is 0 Å². The zero-order valence-corrected chi connectivity index (χ0v) is 14.9. The largest absolute Gasteiger partial charge is 0.504 e. The van der Waals surface area contributed by atoms with Gasteiger partial charge in [0.2, 0.25) is 0 Å². The summed E-state index contributed by atoms with van der Waals surface area (Å²) in [4.78, 5) is 10.5. The normalized spacial score (nSPS) is 28.2. The SMILES string of the molecule is C=C(COc1ccc(/C=C/C(=O)O)cc1O)C[C@@H]1OC(C)[C@@H](O)C(O)C1O. The molecule has 27 heavy (non-hydrogen) atoms. The van der Waals surface area contributed by atoms with Crippen molar-refractivity contribution in [3.63, 3.8) is 0 Å². The molecule has 148 valence electrons. The molecule has 0 bridgehead atoms. The second kappa shape index (κ2) is 9.01. The minimum Gasteiger partial charge on any atom is -0.504 e. The average Bonchev–Trinajstić information content (AvgIpc) is 2.61. The molecule has 5 N–H and O–H groups in total. The zero-order chi connectivity index (χ0) is 20.1. The van der Waals surface area contributed by atoms with Crippen LogP contribution >= 0.6 is 0 Å². The van der Waals surface area contributed by atoms with Gasteiger partial charge in [-0.15, -0.1) is 0 Å². The molecule has 1 aromatic rings. The van der Waals surface area contributed by atoms with Gasteiger partial charge in [-0.25, -0.2) is 4.79 Å². The highest BCUT2D eigenvalue weighted by Crippen LogP contribution is 2.29. The first kappa shape index (κ1) is 20.9. The van der Waals surface area contributed by atoms with Gasteiger partial charge in [-0.2, -0.15) is 0 Å². The van der Waals surface area contributed by atoms with E-state index in [1.54, 1.807) is 13.0 Å². The predicted molar refractivity (Wildman–Crippen MR) is 96.4 cm³/mol. The van der Waals surface area contributed by atoms with E-state index < -0.39 is 36.5 Å². The number of ether oxygens (including phenoxy) is 2. The molecule has 8 heteroatoms. The molecule has 1 aliphatic heterocycles. The van der Waals surface area contributed by atoms with E-state index in [2.05, 4.69) is 6.58 Å². The van der Waals surface area contributed by atoms with Crippen LogP contribution in [0.5, 0.6) is 11.5 Å². The van der Waals surface area contributed by atoms with Gasteiger partial charge in [0.05, 0.1) is 12.2 Å². The molecule has 0 radical (unpaired) electrons. The average molecular weight is 380 g/mol. The molecule has 1 saturated heterocycles. The van der Waals surface area contributed by atoms with E-state index in [1.807, 2.05) is 0 Å². The second-order valence-corrected chi connectivity index (χ2v) is 6.49. The van der Waals surface area contributed by atoms with Crippen molar-refractivity contribution in [2.24, 2.45) is 0 Å². The summed E-state index contributed by atoms with van der Waals surface area (Å²) in [5, 5.41) is 48.1. The zero-order valence-electron chi connectivity index (χ0n) is 14.9. The van der Waals surface area contributed by atoms with Crippen LogP contribution in [0.15, 0.2) is 36.4 Å². The molecule has 5 atom stereocenters. The standard InChI is InChI=1S/C19H24O8/c1-10(7-15-18(24)19(25)17(23)11(2)27-15)9-26-14-5-3-12(8-13(14)20)4-6-16(21)22/h3-6,8,11,15,17-20,23-25H,1,7,9H2,2H3,(H,21,22)/b6-4+/t11?,15-,17+,18?,19?/m0/s1. The minimum absolute atomic E-state index is 0.0392. The first-order chi connectivity index (χ1) is 12.7. The Balaban J connectivity index is 1.91. The summed E-state index contributed by atoms with van der Waals surface area (Å²) in [5.41, 5.74) is 1.06. The van der Waals surface area contributed by atoms with E-state index in [1.165, 1.54) is 18.2 Å². The highest BCUT2D eigenvalue weighted by molar-refractivity contribution is 5.85. The van der Waals surface area contributed by atoms with Gasteiger partial charge in [0, 0.05) is 12.5 Å². The van der Waals surface area contributed by atoms with Gasteiger partial charge in [-0.05, 0) is 36.3 Å². The van der Waals surface area contributed by atoms with E-state index in [9.17, 15) is 25.2 Å². The molecule has 3 unspecified atom stereocenters. The van der Waals surface area contributed by atoms with E-state index in [0.29, 0.717) is 11.1 Å².